The largest absolute Gasteiger partial charge is 0.313 e. The SMILES string of the molecule is O=S(=O)(NCCC1=CCNCC1)C1CC1. The molecule has 15 heavy (non-hydrogen) atoms. The molecule has 86 valence electrons. The Morgan fingerprint density at radius 2 is 2.27 bits per heavy atom. The highest BCUT2D eigenvalue weighted by molar-refractivity contribution is 7.90. The maximum absolute atomic E-state index is 11.5. The van der Waals surface area contributed by atoms with Crippen LogP contribution in [0.15, 0.2) is 11.6 Å². The van der Waals surface area contributed by atoms with E-state index in [2.05, 4.69) is 16.1 Å². The van der Waals surface area contributed by atoms with Gasteiger partial charge in [-0.3, -0.25) is 0 Å². The normalized spacial score (nSPS) is 22.5. The molecule has 1 saturated carbocycles. The van der Waals surface area contributed by atoms with Gasteiger partial charge in [0.25, 0.3) is 0 Å². The highest BCUT2D eigenvalue weighted by atomic mass is 32.2. The summed E-state index contributed by atoms with van der Waals surface area (Å²) in [7, 11) is -2.98. The topological polar surface area (TPSA) is 58.2 Å². The molecule has 0 saturated heterocycles. The molecule has 0 amide bonds. The predicted octanol–water partition coefficient (Wildman–Crippen LogP) is 0.378. The monoisotopic (exact) mass is 230 g/mol. The van der Waals surface area contributed by atoms with Gasteiger partial charge in [-0.25, -0.2) is 13.1 Å². The number of hydrogen-bond acceptors (Lipinski definition) is 3. The van der Waals surface area contributed by atoms with E-state index in [9.17, 15) is 8.42 Å². The van der Waals surface area contributed by atoms with E-state index in [1.807, 2.05) is 0 Å². The van der Waals surface area contributed by atoms with Gasteiger partial charge < -0.3 is 5.32 Å². The smallest absolute Gasteiger partial charge is 0.214 e. The first-order valence-corrected chi connectivity index (χ1v) is 7.10. The molecule has 1 heterocycles. The molecule has 1 aliphatic heterocycles. The van der Waals surface area contributed by atoms with Gasteiger partial charge in [-0.15, -0.1) is 0 Å². The molecule has 0 spiro atoms. The molecule has 2 aliphatic rings. The van der Waals surface area contributed by atoms with Crippen molar-refractivity contribution >= 4 is 10.0 Å². The minimum Gasteiger partial charge on any atom is -0.313 e. The van der Waals surface area contributed by atoms with Crippen LogP contribution in [0.25, 0.3) is 0 Å². The van der Waals surface area contributed by atoms with Gasteiger partial charge in [0.2, 0.25) is 10.0 Å². The van der Waals surface area contributed by atoms with Crippen molar-refractivity contribution in [2.24, 2.45) is 0 Å². The van der Waals surface area contributed by atoms with Crippen molar-refractivity contribution < 1.29 is 8.42 Å². The zero-order chi connectivity index (χ0) is 10.7. The lowest BCUT2D eigenvalue weighted by molar-refractivity contribution is 0.578. The molecular weight excluding hydrogens is 212 g/mol. The number of hydrogen-bond donors (Lipinski definition) is 2. The zero-order valence-electron chi connectivity index (χ0n) is 8.83. The molecule has 0 atom stereocenters. The summed E-state index contributed by atoms with van der Waals surface area (Å²) in [5, 5.41) is 3.14. The van der Waals surface area contributed by atoms with Crippen molar-refractivity contribution in [1.29, 1.82) is 0 Å². The first kappa shape index (κ1) is 11.1. The average molecular weight is 230 g/mol. The van der Waals surface area contributed by atoms with Gasteiger partial charge in [0.05, 0.1) is 5.25 Å². The van der Waals surface area contributed by atoms with E-state index in [1.54, 1.807) is 0 Å². The molecule has 5 heteroatoms. The van der Waals surface area contributed by atoms with Gasteiger partial charge in [0, 0.05) is 13.1 Å². The van der Waals surface area contributed by atoms with E-state index in [0.717, 1.165) is 38.8 Å². The Morgan fingerprint density at radius 1 is 1.47 bits per heavy atom. The lowest BCUT2D eigenvalue weighted by Crippen LogP contribution is -2.29. The fraction of sp³-hybridized carbons (Fsp3) is 0.800. The highest BCUT2D eigenvalue weighted by Gasteiger charge is 2.35. The van der Waals surface area contributed by atoms with E-state index >= 15 is 0 Å². The van der Waals surface area contributed by atoms with Crippen molar-refractivity contribution in [2.75, 3.05) is 19.6 Å². The fourth-order valence-corrected chi connectivity index (χ4v) is 3.13. The summed E-state index contributed by atoms with van der Waals surface area (Å²) in [6.07, 6.45) is 5.73. The molecule has 1 fully saturated rings. The van der Waals surface area contributed by atoms with E-state index in [1.165, 1.54) is 5.57 Å². The van der Waals surface area contributed by atoms with Gasteiger partial charge >= 0.3 is 0 Å². The first-order chi connectivity index (χ1) is 7.18. The summed E-state index contributed by atoms with van der Waals surface area (Å²) >= 11 is 0. The summed E-state index contributed by atoms with van der Waals surface area (Å²) in [6.45, 7) is 2.50. The molecule has 0 unspecified atom stereocenters. The Bertz CT molecular complexity index is 344. The third kappa shape index (κ3) is 3.29. The van der Waals surface area contributed by atoms with Crippen molar-refractivity contribution in [3.63, 3.8) is 0 Å². The quantitative estimate of drug-likeness (QED) is 0.671. The lowest BCUT2D eigenvalue weighted by atomic mass is 10.1. The van der Waals surface area contributed by atoms with Crippen LogP contribution in [0.2, 0.25) is 0 Å². The molecule has 0 aromatic carbocycles. The Balaban J connectivity index is 1.72. The van der Waals surface area contributed by atoms with Gasteiger partial charge in [0.1, 0.15) is 0 Å². The van der Waals surface area contributed by atoms with Gasteiger partial charge in [-0.2, -0.15) is 0 Å². The van der Waals surface area contributed by atoms with Gasteiger partial charge in [0.15, 0.2) is 0 Å². The van der Waals surface area contributed by atoms with E-state index in [-0.39, 0.29) is 5.25 Å². The Kier molecular flexibility index (Phi) is 3.43. The van der Waals surface area contributed by atoms with Crippen molar-refractivity contribution in [3.05, 3.63) is 11.6 Å². The molecule has 0 aromatic rings. The molecule has 2 rings (SSSR count). The van der Waals surface area contributed by atoms with Crippen molar-refractivity contribution in [1.82, 2.24) is 10.0 Å². The van der Waals surface area contributed by atoms with Crippen LogP contribution in [0.1, 0.15) is 25.7 Å². The standard InChI is InChI=1S/C10H18N2O2S/c13-15(14,10-1-2-10)12-8-5-9-3-6-11-7-4-9/h3,10-12H,1-2,4-8H2. The number of nitrogens with one attached hydrogen (secondary N) is 2. The van der Waals surface area contributed by atoms with E-state index < -0.39 is 10.0 Å². The van der Waals surface area contributed by atoms with Gasteiger partial charge in [-0.1, -0.05) is 11.6 Å². The zero-order valence-corrected chi connectivity index (χ0v) is 9.65. The second-order valence-electron chi connectivity index (χ2n) is 4.21. The summed E-state index contributed by atoms with van der Waals surface area (Å²) in [4.78, 5) is 0. The average Bonchev–Trinajstić information content (AvgIpc) is 3.02. The van der Waals surface area contributed by atoms with Crippen LogP contribution in [-0.4, -0.2) is 33.3 Å². The second-order valence-corrected chi connectivity index (χ2v) is 6.25. The van der Waals surface area contributed by atoms with Crippen LogP contribution in [0, 0.1) is 0 Å². The molecule has 0 bridgehead atoms. The molecule has 4 nitrogen and oxygen atoms in total. The summed E-state index contributed by atoms with van der Waals surface area (Å²) in [5.74, 6) is 0. The predicted molar refractivity (Wildman–Crippen MR) is 60.1 cm³/mol. The molecule has 2 N–H and O–H groups in total. The van der Waals surface area contributed by atoms with E-state index in [4.69, 9.17) is 0 Å². The van der Waals surface area contributed by atoms with Crippen LogP contribution in [0.3, 0.4) is 0 Å². The van der Waals surface area contributed by atoms with Crippen LogP contribution >= 0.6 is 0 Å². The summed E-state index contributed by atoms with van der Waals surface area (Å²) < 4.78 is 25.7. The maximum atomic E-state index is 11.5. The summed E-state index contributed by atoms with van der Waals surface area (Å²) in [6, 6.07) is 0. The highest BCUT2D eigenvalue weighted by Crippen LogP contribution is 2.27. The maximum Gasteiger partial charge on any atom is 0.214 e. The molecular formula is C10H18N2O2S. The Morgan fingerprint density at radius 3 is 2.87 bits per heavy atom. The van der Waals surface area contributed by atoms with Crippen LogP contribution in [-0.2, 0) is 10.0 Å². The van der Waals surface area contributed by atoms with Gasteiger partial charge in [-0.05, 0) is 32.2 Å². The third-order valence-electron chi connectivity index (χ3n) is 2.87. The minimum atomic E-state index is -2.98. The minimum absolute atomic E-state index is 0.0977. The molecule has 1 aliphatic carbocycles. The Hall–Kier alpha value is -0.390. The van der Waals surface area contributed by atoms with Crippen LogP contribution in [0.5, 0.6) is 0 Å². The van der Waals surface area contributed by atoms with Crippen molar-refractivity contribution in [3.8, 4) is 0 Å². The van der Waals surface area contributed by atoms with Crippen LogP contribution in [0.4, 0.5) is 0 Å². The van der Waals surface area contributed by atoms with Crippen molar-refractivity contribution in [2.45, 2.75) is 30.9 Å². The number of rotatable bonds is 5. The number of sulfonamides is 1. The second kappa shape index (κ2) is 4.63. The Labute approximate surface area is 91.2 Å². The molecule has 0 radical (unpaired) electrons. The van der Waals surface area contributed by atoms with E-state index in [0.29, 0.717) is 6.54 Å². The molecule has 0 aromatic heterocycles. The lowest BCUT2D eigenvalue weighted by Gasteiger charge is -2.14. The summed E-state index contributed by atoms with van der Waals surface area (Å²) in [5.41, 5.74) is 1.37. The third-order valence-corrected chi connectivity index (χ3v) is 4.83. The van der Waals surface area contributed by atoms with Crippen LogP contribution < -0.4 is 10.0 Å². The fourth-order valence-electron chi connectivity index (χ4n) is 1.75. The first-order valence-electron chi connectivity index (χ1n) is 5.55.